The maximum atomic E-state index is 12.0. The Bertz CT molecular complexity index is 342. The van der Waals surface area contributed by atoms with Crippen LogP contribution in [0.2, 0.25) is 0 Å². The molecule has 0 saturated heterocycles. The minimum atomic E-state index is -4.28. The summed E-state index contributed by atoms with van der Waals surface area (Å²) in [6.07, 6.45) is -5.23. The maximum absolute atomic E-state index is 12.0. The van der Waals surface area contributed by atoms with Gasteiger partial charge in [0, 0.05) is 17.9 Å². The first-order valence-corrected chi connectivity index (χ1v) is 5.77. The van der Waals surface area contributed by atoms with Crippen molar-refractivity contribution < 1.29 is 23.1 Å². The van der Waals surface area contributed by atoms with Crippen LogP contribution in [0.15, 0.2) is 5.11 Å². The van der Waals surface area contributed by atoms with Gasteiger partial charge in [-0.2, -0.15) is 13.2 Å². The lowest BCUT2D eigenvalue weighted by Crippen LogP contribution is -2.50. The number of carboxylic acids is 1. The first-order valence-electron chi connectivity index (χ1n) is 5.77. The number of carboxylic acid groups (broad SMARTS) is 1. The quantitative estimate of drug-likeness (QED) is 0.294. The van der Waals surface area contributed by atoms with Gasteiger partial charge in [0.05, 0.1) is 0 Å². The van der Waals surface area contributed by atoms with E-state index in [2.05, 4.69) is 15.3 Å². The molecule has 110 valence electrons. The summed E-state index contributed by atoms with van der Waals surface area (Å²) in [7, 11) is 0. The summed E-state index contributed by atoms with van der Waals surface area (Å²) in [6, 6.07) is 0. The SMILES string of the molecule is CC(CCCC(F)(F)F)(NCCCN=[N+]=[N-])C(=O)O. The Hall–Kier alpha value is -1.47. The Morgan fingerprint density at radius 3 is 2.47 bits per heavy atom. The van der Waals surface area contributed by atoms with Crippen molar-refractivity contribution >= 4 is 5.97 Å². The molecule has 9 heteroatoms. The standard InChI is InChI=1S/C10H17F3N4O2/c1-9(8(18)19,4-2-5-10(11,12)13)15-6-3-7-16-17-14/h15H,2-7H2,1H3,(H,18,19). The summed E-state index contributed by atoms with van der Waals surface area (Å²) in [6.45, 7) is 1.81. The van der Waals surface area contributed by atoms with E-state index >= 15 is 0 Å². The molecule has 0 aromatic heterocycles. The van der Waals surface area contributed by atoms with Crippen LogP contribution in [0.1, 0.15) is 32.6 Å². The topological polar surface area (TPSA) is 98.1 Å². The second kappa shape index (κ2) is 7.85. The molecule has 1 atom stereocenters. The van der Waals surface area contributed by atoms with E-state index in [-0.39, 0.29) is 25.9 Å². The number of nitrogens with one attached hydrogen (secondary N) is 1. The van der Waals surface area contributed by atoms with Crippen LogP contribution in [0.4, 0.5) is 13.2 Å². The van der Waals surface area contributed by atoms with Gasteiger partial charge in [0.15, 0.2) is 0 Å². The highest BCUT2D eigenvalue weighted by atomic mass is 19.4. The normalized spacial score (nSPS) is 14.5. The molecule has 0 saturated carbocycles. The molecule has 0 aliphatic carbocycles. The molecule has 0 heterocycles. The van der Waals surface area contributed by atoms with Gasteiger partial charge in [-0.25, -0.2) is 0 Å². The molecule has 0 amide bonds. The van der Waals surface area contributed by atoms with Crippen LogP contribution in [0.5, 0.6) is 0 Å². The molecule has 1 unspecified atom stereocenters. The van der Waals surface area contributed by atoms with E-state index < -0.39 is 24.1 Å². The lowest BCUT2D eigenvalue weighted by Gasteiger charge is -2.26. The van der Waals surface area contributed by atoms with Gasteiger partial charge in [0.1, 0.15) is 5.54 Å². The third-order valence-electron chi connectivity index (χ3n) is 2.62. The van der Waals surface area contributed by atoms with Crippen LogP contribution >= 0.6 is 0 Å². The number of aliphatic carboxylic acids is 1. The largest absolute Gasteiger partial charge is 0.480 e. The first kappa shape index (κ1) is 17.5. The Kier molecular flexibility index (Phi) is 7.25. The van der Waals surface area contributed by atoms with Gasteiger partial charge >= 0.3 is 12.1 Å². The van der Waals surface area contributed by atoms with Gasteiger partial charge in [0.25, 0.3) is 0 Å². The molecule has 0 bridgehead atoms. The number of halogens is 3. The Morgan fingerprint density at radius 2 is 2.00 bits per heavy atom. The van der Waals surface area contributed by atoms with Crippen LogP contribution in [-0.2, 0) is 4.79 Å². The summed E-state index contributed by atoms with van der Waals surface area (Å²) in [5, 5.41) is 15.0. The number of alkyl halides is 3. The highest BCUT2D eigenvalue weighted by Gasteiger charge is 2.34. The fourth-order valence-electron chi connectivity index (χ4n) is 1.47. The number of hydrogen-bond donors (Lipinski definition) is 2. The van der Waals surface area contributed by atoms with Crippen molar-refractivity contribution in [3.63, 3.8) is 0 Å². The first-order chi connectivity index (χ1) is 8.71. The van der Waals surface area contributed by atoms with Crippen LogP contribution in [0.3, 0.4) is 0 Å². The van der Waals surface area contributed by atoms with Gasteiger partial charge in [-0.05, 0) is 38.3 Å². The molecule has 0 aliphatic heterocycles. The third-order valence-corrected chi connectivity index (χ3v) is 2.62. The van der Waals surface area contributed by atoms with Crippen molar-refractivity contribution in [1.82, 2.24) is 5.32 Å². The van der Waals surface area contributed by atoms with Crippen molar-refractivity contribution in [2.45, 2.75) is 44.3 Å². The zero-order valence-corrected chi connectivity index (χ0v) is 10.6. The molecule has 0 aliphatic rings. The molecule has 0 spiro atoms. The second-order valence-corrected chi connectivity index (χ2v) is 4.34. The lowest BCUT2D eigenvalue weighted by atomic mass is 9.94. The van der Waals surface area contributed by atoms with Gasteiger partial charge in [-0.1, -0.05) is 5.11 Å². The van der Waals surface area contributed by atoms with Crippen molar-refractivity contribution in [3.8, 4) is 0 Å². The predicted octanol–water partition coefficient (Wildman–Crippen LogP) is 2.85. The van der Waals surface area contributed by atoms with Crippen LogP contribution in [0.25, 0.3) is 10.4 Å². The number of azide groups is 1. The van der Waals surface area contributed by atoms with E-state index in [0.717, 1.165) is 0 Å². The Labute approximate surface area is 108 Å². The summed E-state index contributed by atoms with van der Waals surface area (Å²) in [5.41, 5.74) is 6.64. The summed E-state index contributed by atoms with van der Waals surface area (Å²) in [5.74, 6) is -1.20. The van der Waals surface area contributed by atoms with Crippen molar-refractivity contribution in [2.75, 3.05) is 13.1 Å². The summed E-state index contributed by atoms with van der Waals surface area (Å²) >= 11 is 0. The van der Waals surface area contributed by atoms with E-state index in [1.807, 2.05) is 0 Å². The minimum absolute atomic E-state index is 0.122. The molecule has 0 rings (SSSR count). The maximum Gasteiger partial charge on any atom is 0.389 e. The van der Waals surface area contributed by atoms with Crippen LogP contribution in [0, 0.1) is 0 Å². The van der Waals surface area contributed by atoms with Gasteiger partial charge in [-0.15, -0.1) is 0 Å². The highest BCUT2D eigenvalue weighted by Crippen LogP contribution is 2.25. The van der Waals surface area contributed by atoms with Gasteiger partial charge < -0.3 is 10.4 Å². The van der Waals surface area contributed by atoms with Crippen LogP contribution < -0.4 is 5.32 Å². The second-order valence-electron chi connectivity index (χ2n) is 4.34. The average Bonchev–Trinajstić information content (AvgIpc) is 2.26. The number of hydrogen-bond acceptors (Lipinski definition) is 3. The van der Waals surface area contributed by atoms with E-state index in [1.54, 1.807) is 0 Å². The van der Waals surface area contributed by atoms with Gasteiger partial charge in [-0.3, -0.25) is 4.79 Å². The molecular weight excluding hydrogens is 265 g/mol. The van der Waals surface area contributed by atoms with Crippen molar-refractivity contribution in [3.05, 3.63) is 10.4 Å². The lowest BCUT2D eigenvalue weighted by molar-refractivity contribution is -0.147. The smallest absolute Gasteiger partial charge is 0.389 e. The average molecular weight is 282 g/mol. The summed E-state index contributed by atoms with van der Waals surface area (Å²) < 4.78 is 36.0. The molecule has 6 nitrogen and oxygen atoms in total. The van der Waals surface area contributed by atoms with E-state index in [1.165, 1.54) is 6.92 Å². The Balaban J connectivity index is 4.19. The molecule has 2 N–H and O–H groups in total. The molecule has 0 radical (unpaired) electrons. The molecule has 0 fully saturated rings. The van der Waals surface area contributed by atoms with E-state index in [4.69, 9.17) is 10.6 Å². The fourth-order valence-corrected chi connectivity index (χ4v) is 1.47. The number of rotatable bonds is 9. The molecule has 0 aromatic carbocycles. The zero-order valence-electron chi connectivity index (χ0n) is 10.6. The monoisotopic (exact) mass is 282 g/mol. The Morgan fingerprint density at radius 1 is 1.37 bits per heavy atom. The van der Waals surface area contributed by atoms with Gasteiger partial charge in [0.2, 0.25) is 0 Å². The fraction of sp³-hybridized carbons (Fsp3) is 0.900. The van der Waals surface area contributed by atoms with Crippen molar-refractivity contribution in [1.29, 1.82) is 0 Å². The van der Waals surface area contributed by atoms with Crippen LogP contribution in [-0.4, -0.2) is 35.9 Å². The molecule has 19 heavy (non-hydrogen) atoms. The highest BCUT2D eigenvalue weighted by molar-refractivity contribution is 5.78. The number of nitrogens with zero attached hydrogens (tertiary/aromatic N) is 3. The third kappa shape index (κ3) is 8.28. The molecule has 0 aromatic rings. The molecular formula is C10H17F3N4O2. The minimum Gasteiger partial charge on any atom is -0.480 e. The predicted molar refractivity (Wildman–Crippen MR) is 62.6 cm³/mol. The van der Waals surface area contributed by atoms with E-state index in [9.17, 15) is 18.0 Å². The number of carbonyl (C=O) groups is 1. The zero-order chi connectivity index (χ0) is 14.9. The van der Waals surface area contributed by atoms with Crippen molar-refractivity contribution in [2.24, 2.45) is 5.11 Å². The summed E-state index contributed by atoms with van der Waals surface area (Å²) in [4.78, 5) is 13.6. The van der Waals surface area contributed by atoms with E-state index in [0.29, 0.717) is 6.42 Å².